The van der Waals surface area contributed by atoms with Crippen LogP contribution in [-0.2, 0) is 16.6 Å². The average molecular weight is 356 g/mol. The predicted molar refractivity (Wildman–Crippen MR) is 96.7 cm³/mol. The smallest absolute Gasteiger partial charge is 0.258 e. The number of carbonyl (C=O) groups excluding carboxylic acids is 2. The highest BCUT2D eigenvalue weighted by molar-refractivity contribution is 5.80. The summed E-state index contributed by atoms with van der Waals surface area (Å²) in [5, 5.41) is 10.1. The summed E-state index contributed by atoms with van der Waals surface area (Å²) < 4.78 is 7.36. The zero-order chi connectivity index (χ0) is 18.7. The summed E-state index contributed by atoms with van der Waals surface area (Å²) in [6, 6.07) is 7.20. The summed E-state index contributed by atoms with van der Waals surface area (Å²) in [5.41, 5.74) is 3.01. The molecule has 0 aliphatic carbocycles. The van der Waals surface area contributed by atoms with Crippen molar-refractivity contribution in [1.29, 1.82) is 0 Å². The van der Waals surface area contributed by atoms with Crippen LogP contribution in [0, 0.1) is 13.8 Å². The largest absolute Gasteiger partial charge is 0.484 e. The summed E-state index contributed by atoms with van der Waals surface area (Å²) in [5.74, 6) is 0.470. The van der Waals surface area contributed by atoms with Crippen molar-refractivity contribution in [2.45, 2.75) is 38.8 Å². The lowest BCUT2D eigenvalue weighted by molar-refractivity contribution is -0.128. The minimum absolute atomic E-state index is 0.0202. The van der Waals surface area contributed by atoms with Crippen LogP contribution < -0.4 is 15.4 Å². The summed E-state index contributed by atoms with van der Waals surface area (Å²) in [6.07, 6.45) is 2.65. The Balaban J connectivity index is 1.63. The van der Waals surface area contributed by atoms with Crippen molar-refractivity contribution in [3.05, 3.63) is 47.3 Å². The molecule has 1 aromatic carbocycles. The Morgan fingerprint density at radius 2 is 2.19 bits per heavy atom. The molecule has 0 unspecified atom stereocenters. The van der Waals surface area contributed by atoms with Crippen molar-refractivity contribution in [3.8, 4) is 5.75 Å². The number of nitrogens with one attached hydrogen (secondary N) is 2. The Labute approximate surface area is 152 Å². The maximum Gasteiger partial charge on any atom is 0.258 e. The van der Waals surface area contributed by atoms with E-state index in [-0.39, 0.29) is 30.5 Å². The van der Waals surface area contributed by atoms with Gasteiger partial charge in [0.05, 0.1) is 17.8 Å². The quantitative estimate of drug-likeness (QED) is 0.851. The molecule has 138 valence electrons. The first kappa shape index (κ1) is 18.0. The van der Waals surface area contributed by atoms with E-state index in [4.69, 9.17) is 4.74 Å². The normalized spacial score (nSPS) is 19.7. The number of ether oxygens (including phenoxy) is 1. The number of benzene rings is 1. The Kier molecular flexibility index (Phi) is 5.25. The van der Waals surface area contributed by atoms with Crippen molar-refractivity contribution in [2.75, 3.05) is 6.61 Å². The third-order valence-electron chi connectivity index (χ3n) is 4.61. The van der Waals surface area contributed by atoms with Crippen molar-refractivity contribution in [3.63, 3.8) is 0 Å². The van der Waals surface area contributed by atoms with E-state index < -0.39 is 0 Å². The maximum absolute atomic E-state index is 12.4. The van der Waals surface area contributed by atoms with Crippen LogP contribution >= 0.6 is 0 Å². The number of aromatic nitrogens is 2. The fourth-order valence-corrected chi connectivity index (χ4v) is 3.28. The van der Waals surface area contributed by atoms with E-state index in [1.807, 2.05) is 45.2 Å². The number of amides is 2. The molecule has 0 saturated carbocycles. The fourth-order valence-electron chi connectivity index (χ4n) is 3.28. The van der Waals surface area contributed by atoms with Crippen LogP contribution in [0.25, 0.3) is 0 Å². The summed E-state index contributed by atoms with van der Waals surface area (Å²) >= 11 is 0. The number of carbonyl (C=O) groups is 2. The van der Waals surface area contributed by atoms with Gasteiger partial charge >= 0.3 is 0 Å². The predicted octanol–water partition coefficient (Wildman–Crippen LogP) is 1.55. The summed E-state index contributed by atoms with van der Waals surface area (Å²) in [7, 11) is 1.82. The Hall–Kier alpha value is -2.83. The molecule has 0 spiro atoms. The third kappa shape index (κ3) is 4.04. The molecule has 1 aliphatic rings. The molecule has 1 aliphatic heterocycles. The zero-order valence-corrected chi connectivity index (χ0v) is 15.3. The van der Waals surface area contributed by atoms with E-state index in [0.29, 0.717) is 18.6 Å². The molecule has 0 bridgehead atoms. The minimum Gasteiger partial charge on any atom is -0.484 e. The van der Waals surface area contributed by atoms with Gasteiger partial charge in [-0.05, 0) is 38.0 Å². The summed E-state index contributed by atoms with van der Waals surface area (Å²) in [4.78, 5) is 24.2. The van der Waals surface area contributed by atoms with Crippen LogP contribution in [0.3, 0.4) is 0 Å². The standard InChI is InChI=1S/C19H24N4O3/c1-12-4-6-16(13(2)10-12)26-11-18(25)21-14-5-7-17(24)22-19(14)15-8-9-20-23(15)3/h4,6,8-10,14,19H,5,7,11H2,1-3H3,(H,21,25)(H,22,24)/t14-,19-/m1/s1. The van der Waals surface area contributed by atoms with Crippen molar-refractivity contribution >= 4 is 11.8 Å². The number of piperidine rings is 1. The van der Waals surface area contributed by atoms with Crippen molar-refractivity contribution < 1.29 is 14.3 Å². The number of nitrogens with zero attached hydrogens (tertiary/aromatic N) is 2. The molecule has 0 radical (unpaired) electrons. The molecular formula is C19H24N4O3. The van der Waals surface area contributed by atoms with E-state index in [0.717, 1.165) is 16.8 Å². The van der Waals surface area contributed by atoms with Gasteiger partial charge in [0.25, 0.3) is 5.91 Å². The molecule has 1 saturated heterocycles. The topological polar surface area (TPSA) is 85.2 Å². The van der Waals surface area contributed by atoms with Gasteiger partial charge in [0.15, 0.2) is 6.61 Å². The van der Waals surface area contributed by atoms with E-state index in [9.17, 15) is 9.59 Å². The van der Waals surface area contributed by atoms with Crippen LogP contribution in [0.15, 0.2) is 30.5 Å². The fraction of sp³-hybridized carbons (Fsp3) is 0.421. The van der Waals surface area contributed by atoms with Crippen LogP contribution in [-0.4, -0.2) is 34.2 Å². The van der Waals surface area contributed by atoms with Gasteiger partial charge in [-0.1, -0.05) is 17.7 Å². The van der Waals surface area contributed by atoms with Crippen molar-refractivity contribution in [2.24, 2.45) is 7.05 Å². The molecule has 2 aromatic rings. The zero-order valence-electron chi connectivity index (χ0n) is 15.3. The third-order valence-corrected chi connectivity index (χ3v) is 4.61. The van der Waals surface area contributed by atoms with Gasteiger partial charge in [-0.25, -0.2) is 0 Å². The maximum atomic E-state index is 12.4. The van der Waals surface area contributed by atoms with E-state index >= 15 is 0 Å². The van der Waals surface area contributed by atoms with Crippen LogP contribution in [0.5, 0.6) is 5.75 Å². The molecule has 2 N–H and O–H groups in total. The van der Waals surface area contributed by atoms with E-state index in [1.54, 1.807) is 10.9 Å². The average Bonchev–Trinajstić information content (AvgIpc) is 3.01. The van der Waals surface area contributed by atoms with Crippen molar-refractivity contribution in [1.82, 2.24) is 20.4 Å². The second kappa shape index (κ2) is 7.59. The minimum atomic E-state index is -0.297. The lowest BCUT2D eigenvalue weighted by Gasteiger charge is -2.32. The highest BCUT2D eigenvalue weighted by Gasteiger charge is 2.32. The lowest BCUT2D eigenvalue weighted by Crippen LogP contribution is -2.51. The van der Waals surface area contributed by atoms with Crippen LogP contribution in [0.4, 0.5) is 0 Å². The van der Waals surface area contributed by atoms with Gasteiger partial charge in [-0.2, -0.15) is 5.10 Å². The monoisotopic (exact) mass is 356 g/mol. The Bertz CT molecular complexity index is 815. The van der Waals surface area contributed by atoms with E-state index in [1.165, 1.54) is 0 Å². The number of hydrogen-bond donors (Lipinski definition) is 2. The molecule has 2 amide bonds. The SMILES string of the molecule is Cc1ccc(OCC(=O)N[C@@H]2CCC(=O)N[C@H]2c2ccnn2C)c(C)c1. The van der Waals surface area contributed by atoms with Gasteiger partial charge in [0.1, 0.15) is 5.75 Å². The molecule has 1 aromatic heterocycles. The number of rotatable bonds is 5. The lowest BCUT2D eigenvalue weighted by atomic mass is 9.95. The molecule has 2 atom stereocenters. The summed E-state index contributed by atoms with van der Waals surface area (Å²) in [6.45, 7) is 3.90. The molecule has 26 heavy (non-hydrogen) atoms. The number of hydrogen-bond acceptors (Lipinski definition) is 4. The second-order valence-corrected chi connectivity index (χ2v) is 6.70. The van der Waals surface area contributed by atoms with Crippen LogP contribution in [0.1, 0.15) is 35.7 Å². The molecule has 2 heterocycles. The van der Waals surface area contributed by atoms with Gasteiger partial charge in [0, 0.05) is 19.7 Å². The highest BCUT2D eigenvalue weighted by Crippen LogP contribution is 2.24. The van der Waals surface area contributed by atoms with Gasteiger partial charge < -0.3 is 15.4 Å². The molecular weight excluding hydrogens is 332 g/mol. The first-order valence-corrected chi connectivity index (χ1v) is 8.70. The Morgan fingerprint density at radius 1 is 1.38 bits per heavy atom. The van der Waals surface area contributed by atoms with Gasteiger partial charge in [-0.15, -0.1) is 0 Å². The first-order chi connectivity index (χ1) is 12.4. The van der Waals surface area contributed by atoms with Gasteiger partial charge in [0.2, 0.25) is 5.91 Å². The Morgan fingerprint density at radius 3 is 2.88 bits per heavy atom. The van der Waals surface area contributed by atoms with Gasteiger partial charge in [-0.3, -0.25) is 14.3 Å². The highest BCUT2D eigenvalue weighted by atomic mass is 16.5. The molecule has 1 fully saturated rings. The second-order valence-electron chi connectivity index (χ2n) is 6.70. The molecule has 7 heteroatoms. The van der Waals surface area contributed by atoms with E-state index in [2.05, 4.69) is 15.7 Å². The first-order valence-electron chi connectivity index (χ1n) is 8.70. The molecule has 3 rings (SSSR count). The molecule has 7 nitrogen and oxygen atoms in total. The number of aryl methyl sites for hydroxylation is 3. The van der Waals surface area contributed by atoms with Crippen LogP contribution in [0.2, 0.25) is 0 Å².